The summed E-state index contributed by atoms with van der Waals surface area (Å²) >= 11 is 1.72. The summed E-state index contributed by atoms with van der Waals surface area (Å²) in [7, 11) is 0. The molecule has 1 unspecified atom stereocenters. The van der Waals surface area contributed by atoms with Crippen LogP contribution in [0.2, 0.25) is 0 Å². The van der Waals surface area contributed by atoms with Gasteiger partial charge >= 0.3 is 0 Å². The van der Waals surface area contributed by atoms with Crippen molar-refractivity contribution >= 4 is 23.1 Å². The van der Waals surface area contributed by atoms with Gasteiger partial charge in [0.05, 0.1) is 6.04 Å². The van der Waals surface area contributed by atoms with Crippen molar-refractivity contribution in [2.24, 2.45) is 5.84 Å². The zero-order chi connectivity index (χ0) is 12.3. The minimum absolute atomic E-state index is 0.218. The summed E-state index contributed by atoms with van der Waals surface area (Å²) in [6, 6.07) is 6.24. The van der Waals surface area contributed by atoms with Crippen molar-refractivity contribution in [1.29, 1.82) is 0 Å². The first-order valence-electron chi connectivity index (χ1n) is 5.31. The van der Waals surface area contributed by atoms with Gasteiger partial charge in [-0.2, -0.15) is 4.98 Å². The number of nitrogens with zero attached hydrogens (tertiary/aromatic N) is 2. The minimum Gasteiger partial charge on any atom is -0.363 e. The second kappa shape index (κ2) is 5.11. The van der Waals surface area contributed by atoms with E-state index in [2.05, 4.69) is 39.1 Å². The van der Waals surface area contributed by atoms with Gasteiger partial charge in [-0.15, -0.1) is 11.3 Å². The molecule has 0 spiro atoms. The number of nitrogens with one attached hydrogen (secondary N) is 2. The van der Waals surface area contributed by atoms with Gasteiger partial charge in [0.25, 0.3) is 0 Å². The average Bonchev–Trinajstić information content (AvgIpc) is 2.81. The molecule has 0 fully saturated rings. The molecule has 2 aromatic heterocycles. The zero-order valence-corrected chi connectivity index (χ0v) is 10.6. The fourth-order valence-corrected chi connectivity index (χ4v) is 2.27. The summed E-state index contributed by atoms with van der Waals surface area (Å²) in [5.41, 5.74) is 3.33. The summed E-state index contributed by atoms with van der Waals surface area (Å²) < 4.78 is 0. The molecule has 0 saturated carbocycles. The Kier molecular flexibility index (Phi) is 3.55. The number of nitrogens with two attached hydrogens (primary N) is 1. The van der Waals surface area contributed by atoms with E-state index in [-0.39, 0.29) is 6.04 Å². The van der Waals surface area contributed by atoms with Crippen molar-refractivity contribution in [3.63, 3.8) is 0 Å². The molecule has 1 atom stereocenters. The third kappa shape index (κ3) is 2.92. The van der Waals surface area contributed by atoms with Gasteiger partial charge in [0, 0.05) is 16.6 Å². The Balaban J connectivity index is 2.15. The van der Waals surface area contributed by atoms with Gasteiger partial charge in [0.1, 0.15) is 5.82 Å². The number of thiophene rings is 1. The molecule has 90 valence electrons. The molecule has 0 aromatic carbocycles. The first-order chi connectivity index (χ1) is 8.19. The lowest BCUT2D eigenvalue weighted by Gasteiger charge is -2.13. The predicted molar refractivity (Wildman–Crippen MR) is 70.9 cm³/mol. The fourth-order valence-electron chi connectivity index (χ4n) is 1.54. The Morgan fingerprint density at radius 1 is 1.41 bits per heavy atom. The van der Waals surface area contributed by atoms with Crippen molar-refractivity contribution in [3.8, 4) is 0 Å². The van der Waals surface area contributed by atoms with Crippen LogP contribution < -0.4 is 16.6 Å². The molecule has 0 bridgehead atoms. The lowest BCUT2D eigenvalue weighted by molar-refractivity contribution is 0.890. The molecule has 0 amide bonds. The first-order valence-corrected chi connectivity index (χ1v) is 6.19. The number of rotatable bonds is 4. The van der Waals surface area contributed by atoms with E-state index in [0.717, 1.165) is 11.5 Å². The van der Waals surface area contributed by atoms with Crippen molar-refractivity contribution in [2.45, 2.75) is 19.9 Å². The molecular weight excluding hydrogens is 234 g/mol. The molecule has 0 aliphatic heterocycles. The normalized spacial score (nSPS) is 12.2. The molecule has 4 N–H and O–H groups in total. The zero-order valence-electron chi connectivity index (χ0n) is 9.77. The smallest absolute Gasteiger partial charge is 0.239 e. The van der Waals surface area contributed by atoms with Crippen LogP contribution in [-0.4, -0.2) is 9.97 Å². The summed E-state index contributed by atoms with van der Waals surface area (Å²) in [6.07, 6.45) is 0. The van der Waals surface area contributed by atoms with E-state index < -0.39 is 0 Å². The Hall–Kier alpha value is -1.66. The molecule has 6 heteroatoms. The molecule has 2 aromatic rings. The monoisotopic (exact) mass is 249 g/mol. The van der Waals surface area contributed by atoms with Crippen molar-refractivity contribution < 1.29 is 0 Å². The quantitative estimate of drug-likeness (QED) is 0.572. The Bertz CT molecular complexity index is 483. The maximum Gasteiger partial charge on any atom is 0.239 e. The van der Waals surface area contributed by atoms with Gasteiger partial charge in [0.15, 0.2) is 0 Å². The summed E-state index contributed by atoms with van der Waals surface area (Å²) in [5.74, 6) is 6.50. The minimum atomic E-state index is 0.218. The summed E-state index contributed by atoms with van der Waals surface area (Å²) in [6.45, 7) is 4.00. The second-order valence-electron chi connectivity index (χ2n) is 3.74. The number of hydrazine groups is 1. The molecule has 0 saturated heterocycles. The third-order valence-electron chi connectivity index (χ3n) is 2.32. The summed E-state index contributed by atoms with van der Waals surface area (Å²) in [5, 5.41) is 5.38. The number of aryl methyl sites for hydroxylation is 1. The fraction of sp³-hybridized carbons (Fsp3) is 0.273. The highest BCUT2D eigenvalue weighted by Gasteiger charge is 2.08. The van der Waals surface area contributed by atoms with E-state index in [4.69, 9.17) is 5.84 Å². The lowest BCUT2D eigenvalue weighted by atomic mass is 10.2. The molecule has 0 aliphatic carbocycles. The maximum absolute atomic E-state index is 5.31. The molecule has 0 radical (unpaired) electrons. The largest absolute Gasteiger partial charge is 0.363 e. The number of hydrogen-bond donors (Lipinski definition) is 3. The van der Waals surface area contributed by atoms with Crippen LogP contribution in [0.5, 0.6) is 0 Å². The van der Waals surface area contributed by atoms with Gasteiger partial charge in [-0.3, -0.25) is 5.43 Å². The topological polar surface area (TPSA) is 75.9 Å². The van der Waals surface area contributed by atoms with Crippen LogP contribution in [0.1, 0.15) is 23.5 Å². The van der Waals surface area contributed by atoms with Gasteiger partial charge in [-0.25, -0.2) is 10.8 Å². The van der Waals surface area contributed by atoms with E-state index in [9.17, 15) is 0 Å². The van der Waals surface area contributed by atoms with Crippen LogP contribution in [0.15, 0.2) is 23.6 Å². The highest BCUT2D eigenvalue weighted by molar-refractivity contribution is 7.10. The number of nitrogen functional groups attached to an aromatic ring is 1. The van der Waals surface area contributed by atoms with Crippen LogP contribution in [0.3, 0.4) is 0 Å². The summed E-state index contributed by atoms with van der Waals surface area (Å²) in [4.78, 5) is 9.65. The molecule has 2 heterocycles. The van der Waals surface area contributed by atoms with E-state index in [1.165, 1.54) is 4.88 Å². The lowest BCUT2D eigenvalue weighted by Crippen LogP contribution is -2.13. The second-order valence-corrected chi connectivity index (χ2v) is 4.72. The number of hydrogen-bond acceptors (Lipinski definition) is 6. The van der Waals surface area contributed by atoms with Gasteiger partial charge < -0.3 is 5.32 Å². The number of aromatic nitrogens is 2. The first kappa shape index (κ1) is 11.8. The average molecular weight is 249 g/mol. The van der Waals surface area contributed by atoms with Crippen LogP contribution in [0.4, 0.5) is 11.8 Å². The van der Waals surface area contributed by atoms with E-state index in [0.29, 0.717) is 5.95 Å². The van der Waals surface area contributed by atoms with Gasteiger partial charge in [-0.1, -0.05) is 6.07 Å². The SMILES string of the molecule is Cc1cc(NC(C)c2cccs2)nc(NN)n1. The molecular formula is C11H15N5S. The molecule has 17 heavy (non-hydrogen) atoms. The van der Waals surface area contributed by atoms with Crippen LogP contribution in [0, 0.1) is 6.92 Å². The molecule has 2 rings (SSSR count). The molecule has 5 nitrogen and oxygen atoms in total. The highest BCUT2D eigenvalue weighted by atomic mass is 32.1. The van der Waals surface area contributed by atoms with E-state index in [1.54, 1.807) is 11.3 Å². The third-order valence-corrected chi connectivity index (χ3v) is 3.37. The highest BCUT2D eigenvalue weighted by Crippen LogP contribution is 2.22. The van der Waals surface area contributed by atoms with Gasteiger partial charge in [-0.05, 0) is 25.3 Å². The Morgan fingerprint density at radius 3 is 2.88 bits per heavy atom. The van der Waals surface area contributed by atoms with Gasteiger partial charge in [0.2, 0.25) is 5.95 Å². The Labute approximate surface area is 104 Å². The van der Waals surface area contributed by atoms with Crippen molar-refractivity contribution in [3.05, 3.63) is 34.2 Å². The number of anilines is 2. The predicted octanol–water partition coefficient (Wildman–Crippen LogP) is 2.31. The van der Waals surface area contributed by atoms with E-state index >= 15 is 0 Å². The van der Waals surface area contributed by atoms with Crippen LogP contribution in [0.25, 0.3) is 0 Å². The van der Waals surface area contributed by atoms with Crippen LogP contribution >= 0.6 is 11.3 Å². The van der Waals surface area contributed by atoms with Crippen LogP contribution in [-0.2, 0) is 0 Å². The van der Waals surface area contributed by atoms with E-state index in [1.807, 2.05) is 19.1 Å². The Morgan fingerprint density at radius 2 is 2.24 bits per heavy atom. The van der Waals surface area contributed by atoms with Crippen molar-refractivity contribution in [2.75, 3.05) is 10.7 Å². The van der Waals surface area contributed by atoms with Crippen molar-refractivity contribution in [1.82, 2.24) is 9.97 Å². The maximum atomic E-state index is 5.31. The standard InChI is InChI=1S/C11H15N5S/c1-7-6-10(15-11(13-7)16-12)14-8(2)9-4-3-5-17-9/h3-6,8H,12H2,1-2H3,(H2,13,14,15,16). The molecule has 0 aliphatic rings.